The Bertz CT molecular complexity index is 596. The Morgan fingerprint density at radius 1 is 1.21 bits per heavy atom. The van der Waals surface area contributed by atoms with Crippen molar-refractivity contribution in [3.05, 3.63) is 29.8 Å². The van der Waals surface area contributed by atoms with E-state index in [4.69, 9.17) is 4.74 Å². The van der Waals surface area contributed by atoms with Crippen LogP contribution in [0.4, 0.5) is 5.69 Å². The normalized spacial score (nSPS) is 22.2. The van der Waals surface area contributed by atoms with Gasteiger partial charge in [-0.05, 0) is 38.0 Å². The van der Waals surface area contributed by atoms with Gasteiger partial charge in [0.05, 0.1) is 19.3 Å². The fraction of sp³-hybridized carbons (Fsp3) is 0.579. The molecule has 1 aliphatic heterocycles. The Hall–Kier alpha value is -1.88. The topological polar surface area (TPSA) is 58.6 Å². The first kappa shape index (κ1) is 17.0. The SMILES string of the molecule is CC1COCCN1C(=O)c1cccc(NC(=O)C2CCCCC2)c1. The van der Waals surface area contributed by atoms with E-state index in [-0.39, 0.29) is 23.8 Å². The number of carbonyl (C=O) groups is 2. The first-order valence-electron chi connectivity index (χ1n) is 8.95. The zero-order valence-corrected chi connectivity index (χ0v) is 14.3. The number of rotatable bonds is 3. The summed E-state index contributed by atoms with van der Waals surface area (Å²) in [6.45, 7) is 3.75. The van der Waals surface area contributed by atoms with Crippen molar-refractivity contribution in [2.45, 2.75) is 45.1 Å². The Kier molecular flexibility index (Phi) is 5.51. The molecule has 2 amide bonds. The number of hydrogen-bond acceptors (Lipinski definition) is 3. The highest BCUT2D eigenvalue weighted by atomic mass is 16.5. The number of ether oxygens (including phenoxy) is 1. The molecule has 3 rings (SSSR count). The highest BCUT2D eigenvalue weighted by Crippen LogP contribution is 2.25. The summed E-state index contributed by atoms with van der Waals surface area (Å²) in [7, 11) is 0. The summed E-state index contributed by atoms with van der Waals surface area (Å²) >= 11 is 0. The maximum atomic E-state index is 12.7. The second kappa shape index (κ2) is 7.79. The number of amides is 2. The molecule has 5 heteroatoms. The quantitative estimate of drug-likeness (QED) is 0.926. The Balaban J connectivity index is 1.67. The molecule has 5 nitrogen and oxygen atoms in total. The van der Waals surface area contributed by atoms with Crippen LogP contribution in [0.1, 0.15) is 49.4 Å². The molecule has 0 spiro atoms. The maximum Gasteiger partial charge on any atom is 0.254 e. The van der Waals surface area contributed by atoms with Crippen molar-refractivity contribution < 1.29 is 14.3 Å². The molecule has 2 aliphatic rings. The first-order chi connectivity index (χ1) is 11.6. The summed E-state index contributed by atoms with van der Waals surface area (Å²) in [5.41, 5.74) is 1.32. The number of nitrogens with zero attached hydrogens (tertiary/aromatic N) is 1. The molecule has 1 atom stereocenters. The van der Waals surface area contributed by atoms with E-state index in [1.165, 1.54) is 6.42 Å². The van der Waals surface area contributed by atoms with E-state index in [9.17, 15) is 9.59 Å². The minimum atomic E-state index is -0.000402. The third kappa shape index (κ3) is 3.96. The lowest BCUT2D eigenvalue weighted by molar-refractivity contribution is -0.120. The smallest absolute Gasteiger partial charge is 0.254 e. The summed E-state index contributed by atoms with van der Waals surface area (Å²) in [5, 5.41) is 2.99. The predicted molar refractivity (Wildman–Crippen MR) is 93.0 cm³/mol. The monoisotopic (exact) mass is 330 g/mol. The second-order valence-corrected chi connectivity index (χ2v) is 6.83. The zero-order chi connectivity index (χ0) is 16.9. The second-order valence-electron chi connectivity index (χ2n) is 6.83. The van der Waals surface area contributed by atoms with Gasteiger partial charge in [0.25, 0.3) is 5.91 Å². The number of carbonyl (C=O) groups excluding carboxylic acids is 2. The fourth-order valence-electron chi connectivity index (χ4n) is 3.53. The standard InChI is InChI=1S/C19H26N2O3/c1-14-13-24-11-10-21(14)19(23)16-8-5-9-17(12-16)20-18(22)15-6-3-2-4-7-15/h5,8-9,12,14-15H,2-4,6-7,10-11,13H2,1H3,(H,20,22). The van der Waals surface area contributed by atoms with Crippen molar-refractivity contribution in [1.29, 1.82) is 0 Å². The van der Waals surface area contributed by atoms with Gasteiger partial charge in [-0.3, -0.25) is 9.59 Å². The molecule has 0 bridgehead atoms. The van der Waals surface area contributed by atoms with E-state index in [0.717, 1.165) is 25.7 Å². The van der Waals surface area contributed by atoms with Crippen LogP contribution in [0.2, 0.25) is 0 Å². The van der Waals surface area contributed by atoms with Gasteiger partial charge in [-0.2, -0.15) is 0 Å². The Morgan fingerprint density at radius 2 is 2.00 bits per heavy atom. The number of anilines is 1. The van der Waals surface area contributed by atoms with Gasteiger partial charge in [0.1, 0.15) is 0 Å². The third-order valence-corrected chi connectivity index (χ3v) is 4.98. The molecular formula is C19H26N2O3. The van der Waals surface area contributed by atoms with Crippen LogP contribution < -0.4 is 5.32 Å². The van der Waals surface area contributed by atoms with E-state index in [1.807, 2.05) is 24.0 Å². The molecule has 0 radical (unpaired) electrons. The summed E-state index contributed by atoms with van der Waals surface area (Å²) in [5.74, 6) is 0.191. The molecule has 1 N–H and O–H groups in total. The lowest BCUT2D eigenvalue weighted by atomic mass is 9.88. The van der Waals surface area contributed by atoms with Gasteiger partial charge in [-0.25, -0.2) is 0 Å². The van der Waals surface area contributed by atoms with Crippen molar-refractivity contribution in [3.8, 4) is 0 Å². The van der Waals surface area contributed by atoms with Crippen molar-refractivity contribution in [2.75, 3.05) is 25.1 Å². The van der Waals surface area contributed by atoms with Gasteiger partial charge in [-0.1, -0.05) is 25.3 Å². The molecule has 1 saturated heterocycles. The molecule has 0 aromatic heterocycles. The molecule has 24 heavy (non-hydrogen) atoms. The van der Waals surface area contributed by atoms with Crippen molar-refractivity contribution >= 4 is 17.5 Å². The van der Waals surface area contributed by atoms with Gasteiger partial charge in [0, 0.05) is 23.7 Å². The van der Waals surface area contributed by atoms with E-state index in [0.29, 0.717) is 31.0 Å². The van der Waals surface area contributed by atoms with Crippen LogP contribution in [0, 0.1) is 5.92 Å². The molecule has 1 saturated carbocycles. The molecule has 1 heterocycles. The van der Waals surface area contributed by atoms with Gasteiger partial charge in [0.15, 0.2) is 0 Å². The molecular weight excluding hydrogens is 304 g/mol. The minimum absolute atomic E-state index is 0.000402. The van der Waals surface area contributed by atoms with Crippen LogP contribution in [-0.2, 0) is 9.53 Å². The number of benzene rings is 1. The molecule has 1 aromatic rings. The van der Waals surface area contributed by atoms with Gasteiger partial charge in [0.2, 0.25) is 5.91 Å². The van der Waals surface area contributed by atoms with E-state index < -0.39 is 0 Å². The summed E-state index contributed by atoms with van der Waals surface area (Å²) < 4.78 is 5.39. The highest BCUT2D eigenvalue weighted by molar-refractivity contribution is 5.97. The van der Waals surface area contributed by atoms with Crippen LogP contribution in [0.25, 0.3) is 0 Å². The van der Waals surface area contributed by atoms with Crippen LogP contribution in [0.3, 0.4) is 0 Å². The Morgan fingerprint density at radius 3 is 2.75 bits per heavy atom. The number of nitrogens with one attached hydrogen (secondary N) is 1. The van der Waals surface area contributed by atoms with Crippen molar-refractivity contribution in [3.63, 3.8) is 0 Å². The lowest BCUT2D eigenvalue weighted by Crippen LogP contribution is -2.47. The van der Waals surface area contributed by atoms with Crippen molar-refractivity contribution in [1.82, 2.24) is 4.90 Å². The molecule has 1 aromatic carbocycles. The average Bonchev–Trinajstić information content (AvgIpc) is 2.62. The lowest BCUT2D eigenvalue weighted by Gasteiger charge is -2.33. The zero-order valence-electron chi connectivity index (χ0n) is 14.3. The summed E-state index contributed by atoms with van der Waals surface area (Å²) in [6, 6.07) is 7.34. The van der Waals surface area contributed by atoms with E-state index in [2.05, 4.69) is 5.32 Å². The summed E-state index contributed by atoms with van der Waals surface area (Å²) in [6.07, 6.45) is 5.42. The molecule has 1 unspecified atom stereocenters. The van der Waals surface area contributed by atoms with Crippen LogP contribution in [0.15, 0.2) is 24.3 Å². The van der Waals surface area contributed by atoms with Crippen LogP contribution >= 0.6 is 0 Å². The molecule has 1 aliphatic carbocycles. The molecule has 130 valence electrons. The average molecular weight is 330 g/mol. The van der Waals surface area contributed by atoms with Crippen LogP contribution in [-0.4, -0.2) is 42.5 Å². The van der Waals surface area contributed by atoms with E-state index >= 15 is 0 Å². The van der Waals surface area contributed by atoms with Gasteiger partial charge in [-0.15, -0.1) is 0 Å². The maximum absolute atomic E-state index is 12.7. The van der Waals surface area contributed by atoms with E-state index in [1.54, 1.807) is 12.1 Å². The van der Waals surface area contributed by atoms with Gasteiger partial charge >= 0.3 is 0 Å². The highest BCUT2D eigenvalue weighted by Gasteiger charge is 2.25. The minimum Gasteiger partial charge on any atom is -0.377 e. The number of morpholine rings is 1. The summed E-state index contributed by atoms with van der Waals surface area (Å²) in [4.78, 5) is 26.9. The molecule has 2 fully saturated rings. The largest absolute Gasteiger partial charge is 0.377 e. The number of hydrogen-bond donors (Lipinski definition) is 1. The third-order valence-electron chi connectivity index (χ3n) is 4.98. The first-order valence-corrected chi connectivity index (χ1v) is 8.95. The van der Waals surface area contributed by atoms with Gasteiger partial charge < -0.3 is 15.0 Å². The fourth-order valence-corrected chi connectivity index (χ4v) is 3.53. The predicted octanol–water partition coefficient (Wildman–Crippen LogP) is 3.07. The van der Waals surface area contributed by atoms with Crippen LogP contribution in [0.5, 0.6) is 0 Å². The van der Waals surface area contributed by atoms with Crippen molar-refractivity contribution in [2.24, 2.45) is 5.92 Å². The Labute approximate surface area is 143 Å².